The van der Waals surface area contributed by atoms with Crippen molar-refractivity contribution >= 4 is 5.91 Å². The predicted octanol–water partition coefficient (Wildman–Crippen LogP) is 2.36. The van der Waals surface area contributed by atoms with Gasteiger partial charge in [-0.1, -0.05) is 6.07 Å². The van der Waals surface area contributed by atoms with Gasteiger partial charge < -0.3 is 11.1 Å². The van der Waals surface area contributed by atoms with E-state index in [0.717, 1.165) is 10.7 Å². The van der Waals surface area contributed by atoms with Crippen molar-refractivity contribution in [2.45, 2.75) is 25.6 Å². The topological polar surface area (TPSA) is 72.9 Å². The summed E-state index contributed by atoms with van der Waals surface area (Å²) in [4.78, 5) is 12.1. The summed E-state index contributed by atoms with van der Waals surface area (Å²) < 4.78 is 38.8. The molecule has 0 unspecified atom stereocenters. The van der Waals surface area contributed by atoms with Crippen LogP contribution in [-0.4, -0.2) is 27.8 Å². The molecule has 0 saturated carbocycles. The number of halogens is 3. The number of nitrogens with zero attached hydrogens (tertiary/aromatic N) is 2. The van der Waals surface area contributed by atoms with E-state index in [1.165, 1.54) is 12.3 Å². The van der Waals surface area contributed by atoms with E-state index < -0.39 is 17.4 Å². The van der Waals surface area contributed by atoms with Crippen LogP contribution in [0.5, 0.6) is 0 Å². The molecule has 3 N–H and O–H groups in total. The molecule has 124 valence electrons. The summed E-state index contributed by atoms with van der Waals surface area (Å²) in [5.41, 5.74) is 4.92. The quantitative estimate of drug-likeness (QED) is 0.906. The number of nitrogens with one attached hydrogen (secondary N) is 1. The van der Waals surface area contributed by atoms with Crippen molar-refractivity contribution in [2.75, 3.05) is 6.54 Å². The summed E-state index contributed by atoms with van der Waals surface area (Å²) in [5.74, 6) is -0.353. The molecule has 1 amide bonds. The minimum atomic E-state index is -4.51. The Labute approximate surface area is 131 Å². The van der Waals surface area contributed by atoms with Crippen molar-refractivity contribution < 1.29 is 18.0 Å². The van der Waals surface area contributed by atoms with Gasteiger partial charge in [0.25, 0.3) is 5.91 Å². The lowest BCUT2D eigenvalue weighted by molar-refractivity contribution is -0.141. The molecule has 1 aromatic heterocycles. The second-order valence-corrected chi connectivity index (χ2v) is 5.86. The van der Waals surface area contributed by atoms with Gasteiger partial charge in [-0.15, -0.1) is 0 Å². The minimum Gasteiger partial charge on any atom is -0.350 e. The minimum absolute atomic E-state index is 0.274. The van der Waals surface area contributed by atoms with Gasteiger partial charge in [-0.05, 0) is 38.1 Å². The van der Waals surface area contributed by atoms with E-state index in [9.17, 15) is 18.0 Å². The monoisotopic (exact) mass is 326 g/mol. The van der Waals surface area contributed by atoms with Crippen LogP contribution < -0.4 is 11.1 Å². The van der Waals surface area contributed by atoms with E-state index in [-0.39, 0.29) is 12.5 Å². The van der Waals surface area contributed by atoms with Crippen LogP contribution in [0.2, 0.25) is 0 Å². The van der Waals surface area contributed by atoms with E-state index in [4.69, 9.17) is 5.73 Å². The van der Waals surface area contributed by atoms with Crippen molar-refractivity contribution in [1.82, 2.24) is 15.1 Å². The van der Waals surface area contributed by atoms with Crippen LogP contribution in [0.3, 0.4) is 0 Å². The average molecular weight is 326 g/mol. The van der Waals surface area contributed by atoms with Crippen LogP contribution in [0, 0.1) is 0 Å². The van der Waals surface area contributed by atoms with Gasteiger partial charge in [0.1, 0.15) is 0 Å². The van der Waals surface area contributed by atoms with Gasteiger partial charge in [0, 0.05) is 23.8 Å². The van der Waals surface area contributed by atoms with E-state index in [0.29, 0.717) is 11.3 Å². The number of aromatic nitrogens is 2. The van der Waals surface area contributed by atoms with Crippen molar-refractivity contribution in [1.29, 1.82) is 0 Å². The molecule has 1 heterocycles. The van der Waals surface area contributed by atoms with Gasteiger partial charge in [-0.2, -0.15) is 18.3 Å². The van der Waals surface area contributed by atoms with Gasteiger partial charge >= 0.3 is 6.18 Å². The van der Waals surface area contributed by atoms with E-state index in [1.807, 2.05) is 0 Å². The standard InChI is InChI=1S/C15H17F3N4O/c1-14(2,19)9-20-13(23)10-4-3-5-11(8-10)22-7-6-12(21-22)15(16,17)18/h3-8H,9,19H2,1-2H3,(H,20,23). The summed E-state index contributed by atoms with van der Waals surface area (Å²) in [7, 11) is 0. The van der Waals surface area contributed by atoms with Gasteiger partial charge in [0.15, 0.2) is 5.69 Å². The van der Waals surface area contributed by atoms with Crippen LogP contribution in [0.15, 0.2) is 36.5 Å². The largest absolute Gasteiger partial charge is 0.435 e. The second-order valence-electron chi connectivity index (χ2n) is 5.86. The van der Waals surface area contributed by atoms with E-state index in [1.54, 1.807) is 32.0 Å². The van der Waals surface area contributed by atoms with Gasteiger partial charge in [-0.25, -0.2) is 4.68 Å². The van der Waals surface area contributed by atoms with E-state index in [2.05, 4.69) is 10.4 Å². The Morgan fingerprint density at radius 3 is 2.57 bits per heavy atom. The fourth-order valence-corrected chi connectivity index (χ4v) is 1.82. The van der Waals surface area contributed by atoms with Gasteiger partial charge in [0.2, 0.25) is 0 Å². The third kappa shape index (κ3) is 4.56. The fourth-order valence-electron chi connectivity index (χ4n) is 1.82. The molecule has 0 saturated heterocycles. The highest BCUT2D eigenvalue weighted by atomic mass is 19.4. The molecule has 23 heavy (non-hydrogen) atoms. The molecule has 0 aliphatic rings. The highest BCUT2D eigenvalue weighted by molar-refractivity contribution is 5.94. The first-order valence-corrected chi connectivity index (χ1v) is 6.87. The molecule has 1 aromatic carbocycles. The average Bonchev–Trinajstić information content (AvgIpc) is 2.94. The number of carbonyl (C=O) groups excluding carboxylic acids is 1. The third-order valence-electron chi connectivity index (χ3n) is 2.96. The Balaban J connectivity index is 2.20. The molecule has 0 radical (unpaired) electrons. The number of alkyl halides is 3. The molecule has 0 bridgehead atoms. The summed E-state index contributed by atoms with van der Waals surface area (Å²) in [6.45, 7) is 3.81. The number of hydrogen-bond acceptors (Lipinski definition) is 3. The van der Waals surface area contributed by atoms with Crippen LogP contribution in [0.1, 0.15) is 29.9 Å². The first-order chi connectivity index (χ1) is 10.6. The smallest absolute Gasteiger partial charge is 0.350 e. The van der Waals surface area contributed by atoms with Crippen molar-refractivity contribution in [3.63, 3.8) is 0 Å². The highest BCUT2D eigenvalue weighted by Crippen LogP contribution is 2.27. The Kier molecular flexibility index (Phi) is 4.46. The van der Waals surface area contributed by atoms with Gasteiger partial charge in [-0.3, -0.25) is 4.79 Å². The Bertz CT molecular complexity index is 701. The van der Waals surface area contributed by atoms with Crippen LogP contribution in [0.25, 0.3) is 5.69 Å². The zero-order valence-electron chi connectivity index (χ0n) is 12.7. The Morgan fingerprint density at radius 1 is 1.30 bits per heavy atom. The van der Waals surface area contributed by atoms with Crippen molar-refractivity contribution in [3.8, 4) is 5.69 Å². The number of hydrogen-bond donors (Lipinski definition) is 2. The molecule has 0 aliphatic heterocycles. The molecule has 0 fully saturated rings. The molecular weight excluding hydrogens is 309 g/mol. The molecule has 0 atom stereocenters. The molecule has 5 nitrogen and oxygen atoms in total. The van der Waals surface area contributed by atoms with Gasteiger partial charge in [0.05, 0.1) is 5.69 Å². The second kappa shape index (κ2) is 6.04. The molecule has 0 aliphatic carbocycles. The summed E-state index contributed by atoms with van der Waals surface area (Å²) in [5, 5.41) is 6.15. The SMILES string of the molecule is CC(C)(N)CNC(=O)c1cccc(-n2ccc(C(F)(F)F)n2)c1. The molecule has 2 rings (SSSR count). The number of carbonyl (C=O) groups is 1. The number of amides is 1. The first kappa shape index (κ1) is 17.0. The van der Waals surface area contributed by atoms with Crippen LogP contribution in [-0.2, 0) is 6.18 Å². The number of nitrogens with two attached hydrogens (primary N) is 1. The lowest BCUT2D eigenvalue weighted by atomic mass is 10.1. The molecule has 8 heteroatoms. The summed E-state index contributed by atoms with van der Waals surface area (Å²) in [6, 6.07) is 7.05. The van der Waals surface area contributed by atoms with Crippen molar-refractivity contribution in [3.05, 3.63) is 47.8 Å². The molecule has 2 aromatic rings. The Hall–Kier alpha value is -2.35. The maximum Gasteiger partial charge on any atom is 0.435 e. The predicted molar refractivity (Wildman–Crippen MR) is 79.2 cm³/mol. The fraction of sp³-hybridized carbons (Fsp3) is 0.333. The maximum atomic E-state index is 12.6. The van der Waals surface area contributed by atoms with E-state index >= 15 is 0 Å². The lowest BCUT2D eigenvalue weighted by Crippen LogP contribution is -2.45. The lowest BCUT2D eigenvalue weighted by Gasteiger charge is -2.19. The Morgan fingerprint density at radius 2 is 2.00 bits per heavy atom. The zero-order valence-corrected chi connectivity index (χ0v) is 12.7. The van der Waals surface area contributed by atoms with Crippen LogP contribution >= 0.6 is 0 Å². The van der Waals surface area contributed by atoms with Crippen LogP contribution in [0.4, 0.5) is 13.2 Å². The van der Waals surface area contributed by atoms with Crippen molar-refractivity contribution in [2.24, 2.45) is 5.73 Å². The normalized spacial score (nSPS) is 12.3. The zero-order chi connectivity index (χ0) is 17.3. The maximum absolute atomic E-state index is 12.6. The highest BCUT2D eigenvalue weighted by Gasteiger charge is 2.33. The molecular formula is C15H17F3N4O. The summed E-state index contributed by atoms with van der Waals surface area (Å²) >= 11 is 0. The third-order valence-corrected chi connectivity index (χ3v) is 2.96. The summed E-state index contributed by atoms with van der Waals surface area (Å²) in [6.07, 6.45) is -3.31. The number of rotatable bonds is 4. The number of benzene rings is 1. The molecule has 0 spiro atoms. The first-order valence-electron chi connectivity index (χ1n) is 6.87.